The van der Waals surface area contributed by atoms with Crippen LogP contribution in [0.1, 0.15) is 24.0 Å². The fourth-order valence-corrected chi connectivity index (χ4v) is 4.27. The maximum Gasteiger partial charge on any atom is 0.275 e. The van der Waals surface area contributed by atoms with Crippen molar-refractivity contribution in [1.29, 1.82) is 0 Å². The van der Waals surface area contributed by atoms with Gasteiger partial charge in [0.25, 0.3) is 5.91 Å². The third-order valence-electron chi connectivity index (χ3n) is 5.83. The fourth-order valence-electron chi connectivity index (χ4n) is 4.27. The van der Waals surface area contributed by atoms with Crippen molar-refractivity contribution in [1.82, 2.24) is 5.32 Å². The summed E-state index contributed by atoms with van der Waals surface area (Å²) in [5.41, 5.74) is 2.76. The summed E-state index contributed by atoms with van der Waals surface area (Å²) >= 11 is 0. The number of quaternary nitrogens is 2. The average Bonchev–Trinajstić information content (AvgIpc) is 3.33. The molecule has 2 fully saturated rings. The molecule has 0 aliphatic carbocycles. The van der Waals surface area contributed by atoms with E-state index >= 15 is 0 Å². The van der Waals surface area contributed by atoms with Crippen LogP contribution in [0, 0.1) is 0 Å². The van der Waals surface area contributed by atoms with Gasteiger partial charge in [0.15, 0.2) is 6.54 Å². The van der Waals surface area contributed by atoms with Crippen LogP contribution in [0.5, 0.6) is 5.75 Å². The number of hydrogen-bond acceptors (Lipinski definition) is 3. The molecule has 0 saturated carbocycles. The molecule has 3 heterocycles. The van der Waals surface area contributed by atoms with Crippen LogP contribution in [-0.2, 0) is 22.5 Å². The summed E-state index contributed by atoms with van der Waals surface area (Å²) in [6, 6.07) is 6.64. The maximum atomic E-state index is 12.1. The van der Waals surface area contributed by atoms with Crippen molar-refractivity contribution in [2.75, 3.05) is 52.5 Å². The third-order valence-corrected chi connectivity index (χ3v) is 5.83. The van der Waals surface area contributed by atoms with Crippen LogP contribution in [0.4, 0.5) is 0 Å². The zero-order valence-electron chi connectivity index (χ0n) is 15.5. The van der Waals surface area contributed by atoms with E-state index < -0.39 is 0 Å². The molecule has 0 bridgehead atoms. The summed E-state index contributed by atoms with van der Waals surface area (Å²) < 4.78 is 11.1. The third kappa shape index (κ3) is 4.55. The lowest BCUT2D eigenvalue weighted by Crippen LogP contribution is -3.28. The first kappa shape index (κ1) is 17.8. The lowest BCUT2D eigenvalue weighted by molar-refractivity contribution is -1.02. The van der Waals surface area contributed by atoms with Gasteiger partial charge in [0.1, 0.15) is 38.5 Å². The van der Waals surface area contributed by atoms with Gasteiger partial charge in [-0.25, -0.2) is 0 Å². The number of benzene rings is 1. The second kappa shape index (κ2) is 8.37. The highest BCUT2D eigenvalue weighted by Crippen LogP contribution is 2.25. The van der Waals surface area contributed by atoms with Crippen molar-refractivity contribution < 1.29 is 24.1 Å². The molecule has 0 aromatic heterocycles. The van der Waals surface area contributed by atoms with Crippen LogP contribution in [0.25, 0.3) is 0 Å². The van der Waals surface area contributed by atoms with E-state index in [4.69, 9.17) is 9.47 Å². The van der Waals surface area contributed by atoms with Crippen LogP contribution >= 0.6 is 0 Å². The summed E-state index contributed by atoms with van der Waals surface area (Å²) in [6.07, 6.45) is 3.46. The Hall–Kier alpha value is -1.63. The number of carbonyl (C=O) groups is 1. The van der Waals surface area contributed by atoms with Gasteiger partial charge in [-0.2, -0.15) is 0 Å². The molecule has 3 aliphatic rings. The number of fused-ring (bicyclic) bond motifs is 1. The molecule has 0 unspecified atom stereocenters. The average molecular weight is 361 g/mol. The van der Waals surface area contributed by atoms with Crippen molar-refractivity contribution in [3.63, 3.8) is 0 Å². The largest absolute Gasteiger partial charge is 0.493 e. The lowest BCUT2D eigenvalue weighted by atomic mass is 10.1. The summed E-state index contributed by atoms with van der Waals surface area (Å²) in [5.74, 6) is 1.23. The minimum atomic E-state index is 0.164. The topological polar surface area (TPSA) is 56.4 Å². The Morgan fingerprint density at radius 2 is 2.00 bits per heavy atom. The molecule has 0 spiro atoms. The number of carbonyl (C=O) groups excluding carboxylic acids is 1. The maximum absolute atomic E-state index is 12.1. The molecule has 26 heavy (non-hydrogen) atoms. The summed E-state index contributed by atoms with van der Waals surface area (Å²) in [4.78, 5) is 15.2. The van der Waals surface area contributed by atoms with E-state index in [0.717, 1.165) is 70.9 Å². The van der Waals surface area contributed by atoms with Gasteiger partial charge in [-0.3, -0.25) is 4.79 Å². The molecule has 2 saturated heterocycles. The molecular weight excluding hydrogens is 330 g/mol. The van der Waals surface area contributed by atoms with Crippen LogP contribution in [0.2, 0.25) is 0 Å². The molecule has 1 aromatic rings. The van der Waals surface area contributed by atoms with Crippen molar-refractivity contribution in [2.24, 2.45) is 0 Å². The zero-order chi connectivity index (χ0) is 17.8. The molecular formula is C20H31N3O3+2. The monoisotopic (exact) mass is 361 g/mol. The van der Waals surface area contributed by atoms with E-state index in [1.54, 1.807) is 4.90 Å². The molecule has 1 amide bonds. The molecule has 6 heteroatoms. The molecule has 3 N–H and O–H groups in total. The minimum Gasteiger partial charge on any atom is -0.493 e. The Kier molecular flexibility index (Phi) is 5.72. The number of hydrogen-bond donors (Lipinski definition) is 3. The molecule has 3 aliphatic heterocycles. The first-order chi connectivity index (χ1) is 12.8. The summed E-state index contributed by atoms with van der Waals surface area (Å²) in [5, 5.41) is 3.04. The van der Waals surface area contributed by atoms with Crippen LogP contribution in [0.15, 0.2) is 18.2 Å². The van der Waals surface area contributed by atoms with Gasteiger partial charge in [0, 0.05) is 25.1 Å². The van der Waals surface area contributed by atoms with E-state index in [1.807, 2.05) is 0 Å². The van der Waals surface area contributed by atoms with Crippen molar-refractivity contribution in [3.8, 4) is 5.75 Å². The zero-order valence-corrected chi connectivity index (χ0v) is 15.5. The van der Waals surface area contributed by atoms with E-state index in [0.29, 0.717) is 13.1 Å². The SMILES string of the molecule is O=C(C[NH+]1CC[NH+](Cc2ccc3c(c2)CCO3)CC1)NC[C@H]1CCCO1. The minimum absolute atomic E-state index is 0.164. The van der Waals surface area contributed by atoms with Gasteiger partial charge in [0.2, 0.25) is 0 Å². The van der Waals surface area contributed by atoms with Gasteiger partial charge in [-0.05, 0) is 36.6 Å². The Morgan fingerprint density at radius 3 is 2.81 bits per heavy atom. The number of piperazine rings is 1. The van der Waals surface area contributed by atoms with E-state index in [1.165, 1.54) is 16.0 Å². The number of rotatable bonds is 6. The van der Waals surface area contributed by atoms with Crippen molar-refractivity contribution in [2.45, 2.75) is 31.9 Å². The van der Waals surface area contributed by atoms with Gasteiger partial charge in [-0.1, -0.05) is 0 Å². The van der Waals surface area contributed by atoms with E-state index in [9.17, 15) is 4.79 Å². The molecule has 1 aromatic carbocycles. The first-order valence-corrected chi connectivity index (χ1v) is 10.1. The van der Waals surface area contributed by atoms with Gasteiger partial charge in [-0.15, -0.1) is 0 Å². The van der Waals surface area contributed by atoms with Gasteiger partial charge < -0.3 is 24.6 Å². The summed E-state index contributed by atoms with van der Waals surface area (Å²) in [7, 11) is 0. The molecule has 4 rings (SSSR count). The van der Waals surface area contributed by atoms with E-state index in [2.05, 4.69) is 23.5 Å². The highest BCUT2D eigenvalue weighted by atomic mass is 16.5. The van der Waals surface area contributed by atoms with Crippen LogP contribution in [0.3, 0.4) is 0 Å². The standard InChI is InChI=1S/C20H29N3O3/c24-20(21-13-18-2-1-10-25-18)15-23-8-6-22(7-9-23)14-16-3-4-19-17(12-16)5-11-26-19/h3-4,12,18H,1-2,5-11,13-15H2,(H,21,24)/p+2/t18-/m1/s1. The Morgan fingerprint density at radius 1 is 1.15 bits per heavy atom. The highest BCUT2D eigenvalue weighted by molar-refractivity contribution is 5.76. The quantitative estimate of drug-likeness (QED) is 0.561. The van der Waals surface area contributed by atoms with Gasteiger partial charge >= 0.3 is 0 Å². The molecule has 6 nitrogen and oxygen atoms in total. The number of nitrogens with one attached hydrogen (secondary N) is 3. The Labute approximate surface area is 155 Å². The predicted molar refractivity (Wildman–Crippen MR) is 97.6 cm³/mol. The Bertz CT molecular complexity index is 623. The van der Waals surface area contributed by atoms with Crippen molar-refractivity contribution >= 4 is 5.91 Å². The number of ether oxygens (including phenoxy) is 2. The highest BCUT2D eigenvalue weighted by Gasteiger charge is 2.26. The van der Waals surface area contributed by atoms with Crippen LogP contribution in [-0.4, -0.2) is 64.5 Å². The smallest absolute Gasteiger partial charge is 0.275 e. The summed E-state index contributed by atoms with van der Waals surface area (Å²) in [6.45, 7) is 8.39. The van der Waals surface area contributed by atoms with Crippen molar-refractivity contribution in [3.05, 3.63) is 29.3 Å². The molecule has 0 radical (unpaired) electrons. The predicted octanol–water partition coefficient (Wildman–Crippen LogP) is -1.80. The van der Waals surface area contributed by atoms with E-state index in [-0.39, 0.29) is 12.0 Å². The van der Waals surface area contributed by atoms with Crippen LogP contribution < -0.4 is 19.9 Å². The lowest BCUT2D eigenvalue weighted by Gasteiger charge is -2.29. The molecule has 142 valence electrons. The second-order valence-electron chi connectivity index (χ2n) is 7.83. The normalized spacial score (nSPS) is 27.8. The Balaban J connectivity index is 1.17. The molecule has 1 atom stereocenters. The second-order valence-corrected chi connectivity index (χ2v) is 7.83. The first-order valence-electron chi connectivity index (χ1n) is 10.1. The fraction of sp³-hybridized carbons (Fsp3) is 0.650. The van der Waals surface area contributed by atoms with Gasteiger partial charge in [0.05, 0.1) is 12.7 Å². The number of amides is 1.